The molecule has 2 atom stereocenters. The van der Waals surface area contributed by atoms with E-state index in [1.807, 2.05) is 6.07 Å². The van der Waals surface area contributed by atoms with Crippen molar-refractivity contribution in [1.29, 1.82) is 0 Å². The summed E-state index contributed by atoms with van der Waals surface area (Å²) in [6.45, 7) is 0.996. The highest BCUT2D eigenvalue weighted by Gasteiger charge is 2.38. The number of hydrogen-bond acceptors (Lipinski definition) is 2. The van der Waals surface area contributed by atoms with E-state index in [1.54, 1.807) is 0 Å². The Labute approximate surface area is 119 Å². The summed E-state index contributed by atoms with van der Waals surface area (Å²) in [5.74, 6) is 0. The largest absolute Gasteiger partial charge is 0.465 e. The predicted molar refractivity (Wildman–Crippen MR) is 77.6 cm³/mol. The van der Waals surface area contributed by atoms with E-state index in [9.17, 15) is 4.79 Å². The zero-order chi connectivity index (χ0) is 13.9. The normalized spacial score (nSPS) is 29.9. The third-order valence-electron chi connectivity index (χ3n) is 4.66. The maximum absolute atomic E-state index is 10.8. The molecule has 4 heteroatoms. The number of amides is 1. The molecule has 2 bridgehead atoms. The zero-order valence-corrected chi connectivity index (χ0v) is 11.7. The van der Waals surface area contributed by atoms with Crippen LogP contribution < -0.4 is 5.32 Å². The number of nitrogens with one attached hydrogen (secondary N) is 1. The molecule has 2 N–H and O–H groups in total. The van der Waals surface area contributed by atoms with Crippen LogP contribution in [-0.4, -0.2) is 34.2 Å². The first-order valence-corrected chi connectivity index (χ1v) is 7.51. The van der Waals surface area contributed by atoms with Crippen LogP contribution >= 0.6 is 0 Å². The molecule has 0 saturated carbocycles. The van der Waals surface area contributed by atoms with Crippen LogP contribution in [0.1, 0.15) is 37.7 Å². The van der Waals surface area contributed by atoms with Crippen molar-refractivity contribution in [2.45, 2.75) is 56.8 Å². The highest BCUT2D eigenvalue weighted by Crippen LogP contribution is 2.35. The molecule has 4 nitrogen and oxygen atoms in total. The third-order valence-corrected chi connectivity index (χ3v) is 4.66. The first-order chi connectivity index (χ1) is 9.72. The van der Waals surface area contributed by atoms with Crippen molar-refractivity contribution < 1.29 is 9.90 Å². The van der Waals surface area contributed by atoms with Crippen molar-refractivity contribution in [2.75, 3.05) is 0 Å². The van der Waals surface area contributed by atoms with Gasteiger partial charge in [-0.05, 0) is 31.2 Å². The standard InChI is InChI=1S/C16H22N2O2/c19-16(20)17-13-9-14-7-4-8-15(10-13)18(14)11-12-5-2-1-3-6-12/h1-3,5-6,13-15,17H,4,7-11H2,(H,19,20). The minimum Gasteiger partial charge on any atom is -0.465 e. The number of carbonyl (C=O) groups is 1. The van der Waals surface area contributed by atoms with E-state index in [-0.39, 0.29) is 6.04 Å². The number of carboxylic acid groups (broad SMARTS) is 1. The lowest BCUT2D eigenvalue weighted by atomic mass is 9.81. The van der Waals surface area contributed by atoms with Crippen molar-refractivity contribution in [2.24, 2.45) is 0 Å². The van der Waals surface area contributed by atoms with Gasteiger partial charge in [-0.3, -0.25) is 4.90 Å². The van der Waals surface area contributed by atoms with Crippen molar-refractivity contribution in [3.05, 3.63) is 35.9 Å². The van der Waals surface area contributed by atoms with Crippen LogP contribution in [0, 0.1) is 0 Å². The monoisotopic (exact) mass is 274 g/mol. The molecule has 2 unspecified atom stereocenters. The zero-order valence-electron chi connectivity index (χ0n) is 11.7. The SMILES string of the molecule is O=C(O)NC1CC2CCCC(C1)N2Cc1ccccc1. The maximum atomic E-state index is 10.8. The molecule has 2 saturated heterocycles. The minimum atomic E-state index is -0.885. The summed E-state index contributed by atoms with van der Waals surface area (Å²) in [6.07, 6.45) is 4.69. The Hall–Kier alpha value is -1.55. The summed E-state index contributed by atoms with van der Waals surface area (Å²) in [4.78, 5) is 13.4. The Morgan fingerprint density at radius 2 is 1.85 bits per heavy atom. The van der Waals surface area contributed by atoms with Crippen LogP contribution in [0.25, 0.3) is 0 Å². The summed E-state index contributed by atoms with van der Waals surface area (Å²) in [5, 5.41) is 11.6. The number of piperidine rings is 2. The fourth-order valence-corrected chi connectivity index (χ4v) is 3.82. The second kappa shape index (κ2) is 5.83. The summed E-state index contributed by atoms with van der Waals surface area (Å²) >= 11 is 0. The molecule has 3 rings (SSSR count). The van der Waals surface area contributed by atoms with E-state index in [0.717, 1.165) is 19.4 Å². The molecule has 0 spiro atoms. The Kier molecular flexibility index (Phi) is 3.92. The average molecular weight is 274 g/mol. The first kappa shape index (κ1) is 13.4. The van der Waals surface area contributed by atoms with Crippen LogP contribution in [0.3, 0.4) is 0 Å². The second-order valence-electron chi connectivity index (χ2n) is 6.01. The average Bonchev–Trinajstić information content (AvgIpc) is 2.40. The fraction of sp³-hybridized carbons (Fsp3) is 0.562. The van der Waals surface area contributed by atoms with Crippen molar-refractivity contribution in [3.8, 4) is 0 Å². The van der Waals surface area contributed by atoms with E-state index in [2.05, 4.69) is 34.5 Å². The molecule has 1 amide bonds. The maximum Gasteiger partial charge on any atom is 0.404 e. The van der Waals surface area contributed by atoms with E-state index in [1.165, 1.54) is 24.8 Å². The second-order valence-corrected chi connectivity index (χ2v) is 6.01. The van der Waals surface area contributed by atoms with Gasteiger partial charge in [0.15, 0.2) is 0 Å². The number of nitrogens with zero attached hydrogens (tertiary/aromatic N) is 1. The van der Waals surface area contributed by atoms with Crippen LogP contribution in [0.4, 0.5) is 4.79 Å². The van der Waals surface area contributed by atoms with Crippen LogP contribution in [0.15, 0.2) is 30.3 Å². The van der Waals surface area contributed by atoms with Gasteiger partial charge in [-0.1, -0.05) is 36.8 Å². The topological polar surface area (TPSA) is 52.6 Å². The molecule has 2 aliphatic rings. The van der Waals surface area contributed by atoms with Crippen LogP contribution in [-0.2, 0) is 6.54 Å². The van der Waals surface area contributed by atoms with Gasteiger partial charge in [-0.25, -0.2) is 4.79 Å². The molecular weight excluding hydrogens is 252 g/mol. The van der Waals surface area contributed by atoms with Gasteiger partial charge >= 0.3 is 6.09 Å². The molecule has 2 aliphatic heterocycles. The van der Waals surface area contributed by atoms with Gasteiger partial charge in [-0.15, -0.1) is 0 Å². The van der Waals surface area contributed by atoms with Crippen molar-refractivity contribution in [1.82, 2.24) is 10.2 Å². The number of hydrogen-bond donors (Lipinski definition) is 2. The Morgan fingerprint density at radius 3 is 2.45 bits per heavy atom. The van der Waals surface area contributed by atoms with Crippen LogP contribution in [0.2, 0.25) is 0 Å². The third kappa shape index (κ3) is 2.96. The lowest BCUT2D eigenvalue weighted by Gasteiger charge is -2.49. The molecule has 1 aromatic carbocycles. The lowest BCUT2D eigenvalue weighted by molar-refractivity contribution is 0.0183. The quantitative estimate of drug-likeness (QED) is 0.891. The smallest absolute Gasteiger partial charge is 0.404 e. The Bertz CT molecular complexity index is 449. The van der Waals surface area contributed by atoms with Gasteiger partial charge in [0.2, 0.25) is 0 Å². The Morgan fingerprint density at radius 1 is 1.20 bits per heavy atom. The molecule has 20 heavy (non-hydrogen) atoms. The van der Waals surface area contributed by atoms with Gasteiger partial charge in [0.05, 0.1) is 0 Å². The summed E-state index contributed by atoms with van der Waals surface area (Å²) in [6, 6.07) is 11.8. The van der Waals surface area contributed by atoms with Crippen LogP contribution in [0.5, 0.6) is 0 Å². The van der Waals surface area contributed by atoms with E-state index in [4.69, 9.17) is 5.11 Å². The van der Waals surface area contributed by atoms with E-state index in [0.29, 0.717) is 12.1 Å². The van der Waals surface area contributed by atoms with E-state index >= 15 is 0 Å². The Balaban J connectivity index is 1.69. The molecule has 2 heterocycles. The van der Waals surface area contributed by atoms with Crippen molar-refractivity contribution >= 4 is 6.09 Å². The van der Waals surface area contributed by atoms with E-state index < -0.39 is 6.09 Å². The first-order valence-electron chi connectivity index (χ1n) is 7.51. The molecule has 108 valence electrons. The van der Waals surface area contributed by atoms with Gasteiger partial charge in [0, 0.05) is 24.7 Å². The summed E-state index contributed by atoms with van der Waals surface area (Å²) in [7, 11) is 0. The number of fused-ring (bicyclic) bond motifs is 2. The van der Waals surface area contributed by atoms with Gasteiger partial charge in [0.25, 0.3) is 0 Å². The lowest BCUT2D eigenvalue weighted by Crippen LogP contribution is -2.56. The fourth-order valence-electron chi connectivity index (χ4n) is 3.82. The van der Waals surface area contributed by atoms with Gasteiger partial charge in [-0.2, -0.15) is 0 Å². The predicted octanol–water partition coefficient (Wildman–Crippen LogP) is 2.84. The molecule has 0 radical (unpaired) electrons. The molecule has 0 aromatic heterocycles. The molecule has 2 fully saturated rings. The van der Waals surface area contributed by atoms with Gasteiger partial charge in [0.1, 0.15) is 0 Å². The minimum absolute atomic E-state index is 0.134. The molecular formula is C16H22N2O2. The van der Waals surface area contributed by atoms with Gasteiger partial charge < -0.3 is 10.4 Å². The summed E-state index contributed by atoms with van der Waals surface area (Å²) in [5.41, 5.74) is 1.36. The summed E-state index contributed by atoms with van der Waals surface area (Å²) < 4.78 is 0. The molecule has 1 aromatic rings. The highest BCUT2D eigenvalue weighted by atomic mass is 16.4. The van der Waals surface area contributed by atoms with Crippen molar-refractivity contribution in [3.63, 3.8) is 0 Å². The number of benzene rings is 1. The highest BCUT2D eigenvalue weighted by molar-refractivity contribution is 5.64. The molecule has 0 aliphatic carbocycles. The number of rotatable bonds is 3.